The van der Waals surface area contributed by atoms with E-state index in [2.05, 4.69) is 4.98 Å². The lowest BCUT2D eigenvalue weighted by molar-refractivity contribution is -0.147. The zero-order valence-corrected chi connectivity index (χ0v) is 15.9. The molecule has 6 nitrogen and oxygen atoms in total. The van der Waals surface area contributed by atoms with Crippen LogP contribution in [0, 0.1) is 27.7 Å². The second-order valence-electron chi connectivity index (χ2n) is 6.65. The van der Waals surface area contributed by atoms with E-state index in [1.54, 1.807) is 12.3 Å². The average molecular weight is 366 g/mol. The second-order valence-corrected chi connectivity index (χ2v) is 6.65. The standard InChI is InChI=1S/C21H22N2O4/c1-13-8-15(3)20(16(4)9-13)27-12-19(25)26-11-17-10-18(24)23-7-5-6-14(2)21(23)22-17/h5-10H,11-12H2,1-4H3. The van der Waals surface area contributed by atoms with Gasteiger partial charge in [-0.15, -0.1) is 0 Å². The van der Waals surface area contributed by atoms with E-state index in [4.69, 9.17) is 9.47 Å². The van der Waals surface area contributed by atoms with E-state index in [1.165, 1.54) is 10.5 Å². The minimum absolute atomic E-state index is 0.0753. The van der Waals surface area contributed by atoms with E-state index in [-0.39, 0.29) is 18.8 Å². The van der Waals surface area contributed by atoms with Crippen molar-refractivity contribution in [2.75, 3.05) is 6.61 Å². The van der Waals surface area contributed by atoms with Crippen LogP contribution in [0.15, 0.2) is 41.3 Å². The molecule has 2 heterocycles. The third-order valence-corrected chi connectivity index (χ3v) is 4.26. The first-order chi connectivity index (χ1) is 12.8. The highest BCUT2D eigenvalue weighted by atomic mass is 16.6. The fourth-order valence-corrected chi connectivity index (χ4v) is 3.10. The molecule has 0 bridgehead atoms. The number of fused-ring (bicyclic) bond motifs is 1. The van der Waals surface area contributed by atoms with Crippen LogP contribution in [0.25, 0.3) is 5.65 Å². The largest absolute Gasteiger partial charge is 0.481 e. The van der Waals surface area contributed by atoms with E-state index in [0.29, 0.717) is 17.1 Å². The first-order valence-corrected chi connectivity index (χ1v) is 8.69. The van der Waals surface area contributed by atoms with Crippen molar-refractivity contribution in [3.05, 3.63) is 74.8 Å². The summed E-state index contributed by atoms with van der Waals surface area (Å²) in [4.78, 5) is 28.6. The quantitative estimate of drug-likeness (QED) is 0.649. The van der Waals surface area contributed by atoms with Gasteiger partial charge in [0.15, 0.2) is 6.61 Å². The molecule has 0 spiro atoms. The number of carbonyl (C=O) groups excluding carboxylic acids is 1. The molecule has 1 aromatic carbocycles. The van der Waals surface area contributed by atoms with Crippen molar-refractivity contribution < 1.29 is 14.3 Å². The van der Waals surface area contributed by atoms with Crippen LogP contribution in [0.3, 0.4) is 0 Å². The summed E-state index contributed by atoms with van der Waals surface area (Å²) in [7, 11) is 0. The van der Waals surface area contributed by atoms with Crippen molar-refractivity contribution in [2.24, 2.45) is 0 Å². The number of ether oxygens (including phenoxy) is 2. The minimum atomic E-state index is -0.513. The molecular formula is C21H22N2O4. The molecule has 140 valence electrons. The molecule has 0 aliphatic heterocycles. The summed E-state index contributed by atoms with van der Waals surface area (Å²) < 4.78 is 12.3. The van der Waals surface area contributed by atoms with Crippen LogP contribution in [-0.4, -0.2) is 22.0 Å². The summed E-state index contributed by atoms with van der Waals surface area (Å²) in [6, 6.07) is 9.04. The smallest absolute Gasteiger partial charge is 0.344 e. The van der Waals surface area contributed by atoms with Crippen LogP contribution in [0.1, 0.15) is 27.9 Å². The Labute approximate surface area is 157 Å². The molecule has 0 amide bonds. The highest BCUT2D eigenvalue weighted by Crippen LogP contribution is 2.24. The lowest BCUT2D eigenvalue weighted by Gasteiger charge is -2.13. The molecule has 0 radical (unpaired) electrons. The molecule has 0 atom stereocenters. The number of carbonyl (C=O) groups is 1. The molecule has 3 rings (SSSR count). The number of nitrogens with zero attached hydrogens (tertiary/aromatic N) is 2. The van der Waals surface area contributed by atoms with Gasteiger partial charge in [0.05, 0.1) is 5.69 Å². The summed E-state index contributed by atoms with van der Waals surface area (Å²) in [6.45, 7) is 7.49. The number of hydrogen-bond donors (Lipinski definition) is 0. The fourth-order valence-electron chi connectivity index (χ4n) is 3.10. The normalized spacial score (nSPS) is 10.8. The molecule has 0 saturated heterocycles. The minimum Gasteiger partial charge on any atom is -0.481 e. The molecule has 6 heteroatoms. The first-order valence-electron chi connectivity index (χ1n) is 8.69. The van der Waals surface area contributed by atoms with Gasteiger partial charge in [-0.3, -0.25) is 9.20 Å². The molecule has 0 unspecified atom stereocenters. The third-order valence-electron chi connectivity index (χ3n) is 4.26. The van der Waals surface area contributed by atoms with Crippen LogP contribution in [0.5, 0.6) is 5.75 Å². The topological polar surface area (TPSA) is 69.9 Å². The Bertz CT molecular complexity index is 1050. The van der Waals surface area contributed by atoms with Gasteiger partial charge in [-0.05, 0) is 50.5 Å². The zero-order chi connectivity index (χ0) is 19.6. The van der Waals surface area contributed by atoms with Crippen molar-refractivity contribution in [3.63, 3.8) is 0 Å². The summed E-state index contributed by atoms with van der Waals surface area (Å²) in [5.41, 5.74) is 4.71. The van der Waals surface area contributed by atoms with Crippen molar-refractivity contribution in [3.8, 4) is 5.75 Å². The lowest BCUT2D eigenvalue weighted by atomic mass is 10.1. The van der Waals surface area contributed by atoms with E-state index in [0.717, 1.165) is 22.3 Å². The number of benzene rings is 1. The maximum absolute atomic E-state index is 12.2. The maximum atomic E-state index is 12.2. The molecule has 0 aliphatic rings. The zero-order valence-electron chi connectivity index (χ0n) is 15.9. The number of pyridine rings is 1. The Hall–Kier alpha value is -3.15. The lowest BCUT2D eigenvalue weighted by Crippen LogP contribution is -2.19. The SMILES string of the molecule is Cc1cc(C)c(OCC(=O)OCc2cc(=O)n3cccc(C)c3n2)c(C)c1. The van der Waals surface area contributed by atoms with E-state index in [9.17, 15) is 9.59 Å². The van der Waals surface area contributed by atoms with Crippen molar-refractivity contribution >= 4 is 11.6 Å². The number of aryl methyl sites for hydroxylation is 4. The molecule has 0 saturated carbocycles. The highest BCUT2D eigenvalue weighted by molar-refractivity contribution is 5.71. The monoisotopic (exact) mass is 366 g/mol. The van der Waals surface area contributed by atoms with E-state index in [1.807, 2.05) is 45.9 Å². The van der Waals surface area contributed by atoms with E-state index >= 15 is 0 Å². The van der Waals surface area contributed by atoms with Crippen molar-refractivity contribution in [1.29, 1.82) is 0 Å². The fraction of sp³-hybridized carbons (Fsp3) is 0.286. The summed E-state index contributed by atoms with van der Waals surface area (Å²) >= 11 is 0. The molecule has 3 aromatic rings. The second kappa shape index (κ2) is 7.61. The van der Waals surface area contributed by atoms with Gasteiger partial charge in [0.25, 0.3) is 5.56 Å². The van der Waals surface area contributed by atoms with Gasteiger partial charge >= 0.3 is 5.97 Å². The number of rotatable bonds is 5. The molecule has 27 heavy (non-hydrogen) atoms. The average Bonchev–Trinajstić information content (AvgIpc) is 2.60. The van der Waals surface area contributed by atoms with Gasteiger partial charge in [0.2, 0.25) is 0 Å². The molecule has 0 fully saturated rings. The Morgan fingerprint density at radius 1 is 1.07 bits per heavy atom. The molecule has 0 N–H and O–H groups in total. The Balaban J connectivity index is 1.65. The Kier molecular flexibility index (Phi) is 5.26. The maximum Gasteiger partial charge on any atom is 0.344 e. The first kappa shape index (κ1) is 18.6. The van der Waals surface area contributed by atoms with Gasteiger partial charge < -0.3 is 9.47 Å². The Morgan fingerprint density at radius 2 is 1.78 bits per heavy atom. The number of esters is 1. The summed E-state index contributed by atoms with van der Waals surface area (Å²) in [6.07, 6.45) is 1.66. The predicted molar refractivity (Wildman–Crippen MR) is 102 cm³/mol. The van der Waals surface area contributed by atoms with E-state index < -0.39 is 5.97 Å². The molecule has 0 aliphatic carbocycles. The van der Waals surface area contributed by atoms with Crippen LogP contribution < -0.4 is 10.3 Å². The third kappa shape index (κ3) is 4.16. The van der Waals surface area contributed by atoms with Gasteiger partial charge in [0, 0.05) is 12.3 Å². The predicted octanol–water partition coefficient (Wildman–Crippen LogP) is 3.05. The van der Waals surface area contributed by atoms with Crippen molar-refractivity contribution in [1.82, 2.24) is 9.38 Å². The number of aromatic nitrogens is 2. The van der Waals surface area contributed by atoms with Gasteiger partial charge in [-0.25, -0.2) is 9.78 Å². The van der Waals surface area contributed by atoms with Crippen molar-refractivity contribution in [2.45, 2.75) is 34.3 Å². The van der Waals surface area contributed by atoms with Crippen LogP contribution in [0.2, 0.25) is 0 Å². The van der Waals surface area contributed by atoms with Crippen LogP contribution in [0.4, 0.5) is 0 Å². The van der Waals surface area contributed by atoms with Crippen LogP contribution >= 0.6 is 0 Å². The molecular weight excluding hydrogens is 344 g/mol. The van der Waals surface area contributed by atoms with Gasteiger partial charge in [-0.1, -0.05) is 23.8 Å². The van der Waals surface area contributed by atoms with Gasteiger partial charge in [-0.2, -0.15) is 0 Å². The van der Waals surface area contributed by atoms with Gasteiger partial charge in [0.1, 0.15) is 18.0 Å². The summed E-state index contributed by atoms with van der Waals surface area (Å²) in [5.74, 6) is 0.177. The molecule has 2 aromatic heterocycles. The van der Waals surface area contributed by atoms with Crippen LogP contribution in [-0.2, 0) is 16.1 Å². The highest BCUT2D eigenvalue weighted by Gasteiger charge is 2.11. The Morgan fingerprint density at radius 3 is 2.48 bits per heavy atom. The summed E-state index contributed by atoms with van der Waals surface area (Å²) in [5, 5.41) is 0. The number of hydrogen-bond acceptors (Lipinski definition) is 5.